The molecule has 0 aromatic heterocycles. The molecule has 0 radical (unpaired) electrons. The van der Waals surface area contributed by atoms with Gasteiger partial charge in [-0.3, -0.25) is 4.18 Å². The lowest BCUT2D eigenvalue weighted by Gasteiger charge is -2.33. The van der Waals surface area contributed by atoms with E-state index in [0.717, 1.165) is 17.4 Å². The van der Waals surface area contributed by atoms with E-state index in [-0.39, 0.29) is 19.8 Å². The molecule has 10 nitrogen and oxygen atoms in total. The molecule has 1 aliphatic rings. The fourth-order valence-electron chi connectivity index (χ4n) is 3.71. The number of methoxy groups -OCH3 is 3. The van der Waals surface area contributed by atoms with Gasteiger partial charge < -0.3 is 33.5 Å². The summed E-state index contributed by atoms with van der Waals surface area (Å²) in [7, 11) is 0.715. The first-order valence-electron chi connectivity index (χ1n) is 10.9. The maximum absolute atomic E-state index is 11.8. The van der Waals surface area contributed by atoms with E-state index in [1.807, 2.05) is 24.3 Å². The number of rotatable bonds is 13. The van der Waals surface area contributed by atoms with Crippen LogP contribution in [-0.4, -0.2) is 78.4 Å². The van der Waals surface area contributed by atoms with E-state index in [1.54, 1.807) is 38.5 Å². The van der Waals surface area contributed by atoms with Gasteiger partial charge in [0.2, 0.25) is 0 Å². The maximum Gasteiger partial charge on any atom is 0.264 e. The quantitative estimate of drug-likeness (QED) is 0.399. The monoisotopic (exact) mass is 512 g/mol. The van der Waals surface area contributed by atoms with Crippen molar-refractivity contribution < 1.29 is 46.1 Å². The molecule has 11 heteroatoms. The molecule has 35 heavy (non-hydrogen) atoms. The molecule has 2 aromatic carbocycles. The summed E-state index contributed by atoms with van der Waals surface area (Å²) >= 11 is 0. The molecule has 0 saturated carbocycles. The third-order valence-corrected chi connectivity index (χ3v) is 6.12. The summed E-state index contributed by atoms with van der Waals surface area (Å²) in [5, 5.41) is 10.9. The number of hydrogen-bond donors (Lipinski definition) is 1. The predicted octanol–water partition coefficient (Wildman–Crippen LogP) is 1.88. The van der Waals surface area contributed by atoms with Gasteiger partial charge in [0.05, 0.1) is 40.3 Å². The fraction of sp³-hybridized carbons (Fsp3) is 0.500. The molecule has 194 valence electrons. The van der Waals surface area contributed by atoms with Gasteiger partial charge in [0, 0.05) is 7.11 Å². The standard InChI is InChI=1S/C24H32O10S/c1-28-19-9-5-17(6-10-19)13-31-15-24(16-33-35(4,26)27)22(21(25)23(30-3)34-24)32-14-18-7-11-20(29-2)12-8-18/h5-12,21-23,25H,13-16H2,1-4H3/t21-,22?,23?,24-/m0/s1. The van der Waals surface area contributed by atoms with Gasteiger partial charge in [-0.15, -0.1) is 0 Å². The van der Waals surface area contributed by atoms with E-state index in [4.69, 9.17) is 32.6 Å². The van der Waals surface area contributed by atoms with Gasteiger partial charge in [0.25, 0.3) is 10.1 Å². The van der Waals surface area contributed by atoms with Gasteiger partial charge in [0.1, 0.15) is 35.9 Å². The summed E-state index contributed by atoms with van der Waals surface area (Å²) in [4.78, 5) is 0. The van der Waals surface area contributed by atoms with Gasteiger partial charge in [-0.25, -0.2) is 0 Å². The highest BCUT2D eigenvalue weighted by Crippen LogP contribution is 2.36. The third-order valence-electron chi connectivity index (χ3n) is 5.57. The normalized spacial score (nSPS) is 24.4. The van der Waals surface area contributed by atoms with Crippen molar-refractivity contribution in [2.24, 2.45) is 0 Å². The Morgan fingerprint density at radius 3 is 1.91 bits per heavy atom. The second kappa shape index (κ2) is 12.1. The van der Waals surface area contributed by atoms with Crippen molar-refractivity contribution >= 4 is 10.1 Å². The second-order valence-electron chi connectivity index (χ2n) is 8.16. The molecule has 2 unspecified atom stereocenters. The highest BCUT2D eigenvalue weighted by atomic mass is 32.2. The summed E-state index contributed by atoms with van der Waals surface area (Å²) < 4.78 is 62.2. The van der Waals surface area contributed by atoms with Crippen LogP contribution in [0.1, 0.15) is 11.1 Å². The van der Waals surface area contributed by atoms with Crippen LogP contribution in [0, 0.1) is 0 Å². The van der Waals surface area contributed by atoms with Gasteiger partial charge in [-0.1, -0.05) is 24.3 Å². The molecule has 0 aliphatic carbocycles. The van der Waals surface area contributed by atoms with Crippen LogP contribution in [0.2, 0.25) is 0 Å². The number of benzene rings is 2. The van der Waals surface area contributed by atoms with Gasteiger partial charge in [-0.05, 0) is 35.4 Å². The Bertz CT molecular complexity index is 1030. The molecule has 1 fully saturated rings. The van der Waals surface area contributed by atoms with Crippen LogP contribution >= 0.6 is 0 Å². The molecule has 1 aliphatic heterocycles. The highest BCUT2D eigenvalue weighted by Gasteiger charge is 2.57. The smallest absolute Gasteiger partial charge is 0.264 e. The Balaban J connectivity index is 1.78. The van der Waals surface area contributed by atoms with Crippen molar-refractivity contribution in [1.29, 1.82) is 0 Å². The second-order valence-corrected chi connectivity index (χ2v) is 9.81. The largest absolute Gasteiger partial charge is 0.497 e. The molecule has 3 rings (SSSR count). The summed E-state index contributed by atoms with van der Waals surface area (Å²) in [6, 6.07) is 14.5. The molecule has 0 spiro atoms. The summed E-state index contributed by atoms with van der Waals surface area (Å²) in [6.45, 7) is -0.241. The Morgan fingerprint density at radius 2 is 1.43 bits per heavy atom. The average Bonchev–Trinajstić information content (AvgIpc) is 3.12. The van der Waals surface area contributed by atoms with Gasteiger partial charge in [0.15, 0.2) is 6.29 Å². The Hall–Kier alpha value is -2.25. The van der Waals surface area contributed by atoms with Crippen LogP contribution in [-0.2, 0) is 46.5 Å². The van der Waals surface area contributed by atoms with E-state index < -0.39 is 40.8 Å². The molecule has 4 atom stereocenters. The lowest BCUT2D eigenvalue weighted by atomic mass is 9.96. The van der Waals surface area contributed by atoms with Gasteiger partial charge >= 0.3 is 0 Å². The van der Waals surface area contributed by atoms with Crippen molar-refractivity contribution in [3.8, 4) is 11.5 Å². The highest BCUT2D eigenvalue weighted by molar-refractivity contribution is 7.85. The van der Waals surface area contributed by atoms with E-state index in [2.05, 4.69) is 0 Å². The van der Waals surface area contributed by atoms with E-state index in [0.29, 0.717) is 11.5 Å². The number of aliphatic hydroxyl groups excluding tert-OH is 1. The summed E-state index contributed by atoms with van der Waals surface area (Å²) in [5.74, 6) is 1.41. The lowest BCUT2D eigenvalue weighted by molar-refractivity contribution is -0.206. The summed E-state index contributed by atoms with van der Waals surface area (Å²) in [5.41, 5.74) is 0.223. The molecule has 0 bridgehead atoms. The average molecular weight is 513 g/mol. The Morgan fingerprint density at radius 1 is 0.886 bits per heavy atom. The molecule has 1 heterocycles. The number of aliphatic hydroxyl groups is 1. The van der Waals surface area contributed by atoms with Crippen LogP contribution in [0.3, 0.4) is 0 Å². The van der Waals surface area contributed by atoms with E-state index in [9.17, 15) is 13.5 Å². The first-order valence-corrected chi connectivity index (χ1v) is 12.7. The predicted molar refractivity (Wildman–Crippen MR) is 126 cm³/mol. The van der Waals surface area contributed by atoms with Crippen LogP contribution < -0.4 is 9.47 Å². The van der Waals surface area contributed by atoms with Crippen LogP contribution in [0.5, 0.6) is 11.5 Å². The van der Waals surface area contributed by atoms with E-state index in [1.165, 1.54) is 7.11 Å². The molecule has 1 saturated heterocycles. The molecule has 2 aromatic rings. The number of ether oxygens (including phenoxy) is 6. The minimum atomic E-state index is -3.82. The van der Waals surface area contributed by atoms with Crippen LogP contribution in [0.4, 0.5) is 0 Å². The van der Waals surface area contributed by atoms with Crippen molar-refractivity contribution in [3.63, 3.8) is 0 Å². The molecule has 0 amide bonds. The maximum atomic E-state index is 11.8. The SMILES string of the molecule is COc1ccc(COC[C@@]2(COS(C)(=O)=O)OC(OC)[C@@H](O)C2OCc2ccc(OC)cc2)cc1. The van der Waals surface area contributed by atoms with Crippen molar-refractivity contribution in [2.45, 2.75) is 37.3 Å². The van der Waals surface area contributed by atoms with Crippen LogP contribution in [0.15, 0.2) is 48.5 Å². The lowest BCUT2D eigenvalue weighted by Crippen LogP contribution is -2.52. The summed E-state index contributed by atoms with van der Waals surface area (Å²) in [6.07, 6.45) is -2.35. The minimum Gasteiger partial charge on any atom is -0.497 e. The first kappa shape index (κ1) is 27.3. The Labute approximate surface area is 205 Å². The topological polar surface area (TPSA) is 119 Å². The zero-order chi connectivity index (χ0) is 25.5. The van der Waals surface area contributed by atoms with Crippen molar-refractivity contribution in [1.82, 2.24) is 0 Å². The van der Waals surface area contributed by atoms with Crippen LogP contribution in [0.25, 0.3) is 0 Å². The zero-order valence-electron chi connectivity index (χ0n) is 20.2. The Kier molecular flexibility index (Phi) is 9.47. The van der Waals surface area contributed by atoms with Crippen molar-refractivity contribution in [2.75, 3.05) is 40.8 Å². The number of hydrogen-bond acceptors (Lipinski definition) is 10. The van der Waals surface area contributed by atoms with Gasteiger partial charge in [-0.2, -0.15) is 8.42 Å². The fourth-order valence-corrected chi connectivity index (χ4v) is 4.13. The first-order chi connectivity index (χ1) is 16.7. The molecular formula is C24H32O10S. The third kappa shape index (κ3) is 7.37. The zero-order valence-corrected chi connectivity index (χ0v) is 21.0. The molecule has 1 N–H and O–H groups in total. The minimum absolute atomic E-state index is 0.116. The van der Waals surface area contributed by atoms with E-state index >= 15 is 0 Å². The molecular weight excluding hydrogens is 480 g/mol. The van der Waals surface area contributed by atoms with Crippen molar-refractivity contribution in [3.05, 3.63) is 59.7 Å².